The number of halogens is 3. The van der Waals surface area contributed by atoms with Gasteiger partial charge in [-0.15, -0.1) is 0 Å². The zero-order chi connectivity index (χ0) is 14.0. The van der Waals surface area contributed by atoms with E-state index in [4.69, 9.17) is 23.2 Å². The number of benzene rings is 2. The zero-order valence-corrected chi connectivity index (χ0v) is 11.4. The quantitative estimate of drug-likeness (QED) is 0.758. The predicted octanol–water partition coefficient (Wildman–Crippen LogP) is 4.59. The van der Waals surface area contributed by atoms with E-state index >= 15 is 0 Å². The Morgan fingerprint density at radius 2 is 1.84 bits per heavy atom. The molecule has 0 amide bonds. The van der Waals surface area contributed by atoms with Crippen LogP contribution in [0.3, 0.4) is 0 Å². The average Bonchev–Trinajstić information content (AvgIpc) is 2.37. The van der Waals surface area contributed by atoms with E-state index in [1.54, 1.807) is 12.1 Å². The fourth-order valence-corrected chi connectivity index (χ4v) is 2.10. The standard InChI is InChI=1S/C14H9Cl2FO2/c1-19-14(18)9-4-8(5-11(16)6-9)12-3-2-10(15)7-13(12)17/h2-7H,1H3. The predicted molar refractivity (Wildman–Crippen MR) is 73.2 cm³/mol. The number of carbonyl (C=O) groups excluding carboxylic acids is 1. The second kappa shape index (κ2) is 5.59. The van der Waals surface area contributed by atoms with Gasteiger partial charge in [0, 0.05) is 15.6 Å². The van der Waals surface area contributed by atoms with Crippen molar-refractivity contribution in [2.45, 2.75) is 0 Å². The molecule has 0 heterocycles. The first-order valence-electron chi connectivity index (χ1n) is 5.35. The van der Waals surface area contributed by atoms with Gasteiger partial charge >= 0.3 is 5.97 Å². The van der Waals surface area contributed by atoms with Crippen molar-refractivity contribution in [1.82, 2.24) is 0 Å². The SMILES string of the molecule is COC(=O)c1cc(Cl)cc(-c2ccc(Cl)cc2F)c1. The Morgan fingerprint density at radius 1 is 1.11 bits per heavy atom. The van der Waals surface area contributed by atoms with E-state index in [-0.39, 0.29) is 5.56 Å². The molecule has 0 N–H and O–H groups in total. The lowest BCUT2D eigenvalue weighted by Crippen LogP contribution is -2.01. The van der Waals surface area contributed by atoms with Gasteiger partial charge in [-0.2, -0.15) is 0 Å². The average molecular weight is 299 g/mol. The van der Waals surface area contributed by atoms with E-state index in [2.05, 4.69) is 4.74 Å². The van der Waals surface area contributed by atoms with Crippen molar-refractivity contribution in [2.75, 3.05) is 7.11 Å². The number of methoxy groups -OCH3 is 1. The van der Waals surface area contributed by atoms with E-state index in [9.17, 15) is 9.18 Å². The summed E-state index contributed by atoms with van der Waals surface area (Å²) in [5.41, 5.74) is 1.07. The second-order valence-electron chi connectivity index (χ2n) is 3.84. The topological polar surface area (TPSA) is 26.3 Å². The number of hydrogen-bond acceptors (Lipinski definition) is 2. The highest BCUT2D eigenvalue weighted by atomic mass is 35.5. The van der Waals surface area contributed by atoms with Crippen LogP contribution in [-0.2, 0) is 4.74 Å². The molecule has 0 saturated heterocycles. The summed E-state index contributed by atoms with van der Waals surface area (Å²) in [5.74, 6) is -1.01. The van der Waals surface area contributed by atoms with Crippen molar-refractivity contribution in [3.63, 3.8) is 0 Å². The molecule has 0 spiro atoms. The van der Waals surface area contributed by atoms with Gasteiger partial charge in [-0.05, 0) is 42.0 Å². The molecule has 0 atom stereocenters. The molecule has 0 aliphatic rings. The lowest BCUT2D eigenvalue weighted by Gasteiger charge is -2.07. The van der Waals surface area contributed by atoms with Crippen molar-refractivity contribution in [3.05, 3.63) is 57.8 Å². The van der Waals surface area contributed by atoms with E-state index in [0.29, 0.717) is 21.2 Å². The van der Waals surface area contributed by atoms with Crippen LogP contribution in [0.5, 0.6) is 0 Å². The molecule has 2 aromatic rings. The molecule has 0 aliphatic heterocycles. The summed E-state index contributed by atoms with van der Waals surface area (Å²) < 4.78 is 18.5. The zero-order valence-electron chi connectivity index (χ0n) is 9.91. The number of carbonyl (C=O) groups is 1. The van der Waals surface area contributed by atoms with Crippen LogP contribution < -0.4 is 0 Å². The first kappa shape index (κ1) is 13.8. The molecule has 0 saturated carbocycles. The summed E-state index contributed by atoms with van der Waals surface area (Å²) in [5, 5.41) is 0.628. The van der Waals surface area contributed by atoms with Crippen LogP contribution in [0.15, 0.2) is 36.4 Å². The Bertz CT molecular complexity index is 641. The number of esters is 1. The van der Waals surface area contributed by atoms with Crippen molar-refractivity contribution in [1.29, 1.82) is 0 Å². The lowest BCUT2D eigenvalue weighted by atomic mass is 10.0. The van der Waals surface area contributed by atoms with Crippen molar-refractivity contribution in [2.24, 2.45) is 0 Å². The molecule has 2 nitrogen and oxygen atoms in total. The fraction of sp³-hybridized carbons (Fsp3) is 0.0714. The maximum Gasteiger partial charge on any atom is 0.337 e. The normalized spacial score (nSPS) is 10.3. The van der Waals surface area contributed by atoms with Crippen LogP contribution in [0.25, 0.3) is 11.1 Å². The molecule has 0 aliphatic carbocycles. The minimum Gasteiger partial charge on any atom is -0.465 e. The van der Waals surface area contributed by atoms with Crippen LogP contribution in [0.4, 0.5) is 4.39 Å². The molecular formula is C14H9Cl2FO2. The monoisotopic (exact) mass is 298 g/mol. The summed E-state index contributed by atoms with van der Waals surface area (Å²) >= 11 is 11.6. The molecular weight excluding hydrogens is 290 g/mol. The van der Waals surface area contributed by atoms with Gasteiger partial charge in [-0.3, -0.25) is 0 Å². The second-order valence-corrected chi connectivity index (χ2v) is 4.72. The third-order valence-corrected chi connectivity index (χ3v) is 3.01. The van der Waals surface area contributed by atoms with Gasteiger partial charge in [-0.25, -0.2) is 9.18 Å². The maximum atomic E-state index is 13.8. The Labute approximate surface area is 119 Å². The van der Waals surface area contributed by atoms with E-state index in [1.807, 2.05) is 0 Å². The minimum atomic E-state index is -0.530. The Morgan fingerprint density at radius 3 is 2.47 bits per heavy atom. The first-order chi connectivity index (χ1) is 9.01. The van der Waals surface area contributed by atoms with Gasteiger partial charge in [0.25, 0.3) is 0 Å². The highest BCUT2D eigenvalue weighted by Crippen LogP contribution is 2.29. The summed E-state index contributed by atoms with van der Waals surface area (Å²) in [6, 6.07) is 8.85. The fourth-order valence-electron chi connectivity index (χ4n) is 1.70. The van der Waals surface area contributed by atoms with Crippen LogP contribution in [0, 0.1) is 5.82 Å². The van der Waals surface area contributed by atoms with Gasteiger partial charge < -0.3 is 4.74 Å². The van der Waals surface area contributed by atoms with E-state index < -0.39 is 11.8 Å². The molecule has 0 aromatic heterocycles. The third-order valence-electron chi connectivity index (χ3n) is 2.56. The van der Waals surface area contributed by atoms with Gasteiger partial charge in [0.2, 0.25) is 0 Å². The summed E-state index contributed by atoms with van der Waals surface area (Å²) in [6.45, 7) is 0. The summed E-state index contributed by atoms with van der Waals surface area (Å²) in [4.78, 5) is 11.5. The summed E-state index contributed by atoms with van der Waals surface area (Å²) in [6.07, 6.45) is 0. The molecule has 2 rings (SSSR count). The highest BCUT2D eigenvalue weighted by molar-refractivity contribution is 6.31. The van der Waals surface area contributed by atoms with E-state index in [1.165, 1.54) is 31.4 Å². The molecule has 0 radical (unpaired) electrons. The van der Waals surface area contributed by atoms with Crippen LogP contribution >= 0.6 is 23.2 Å². The molecule has 5 heteroatoms. The van der Waals surface area contributed by atoms with Gasteiger partial charge in [0.1, 0.15) is 5.82 Å². The molecule has 0 unspecified atom stereocenters. The van der Waals surface area contributed by atoms with Gasteiger partial charge in [0.15, 0.2) is 0 Å². The largest absolute Gasteiger partial charge is 0.465 e. The molecule has 0 fully saturated rings. The molecule has 98 valence electrons. The molecule has 19 heavy (non-hydrogen) atoms. The Hall–Kier alpha value is -1.58. The number of rotatable bonds is 2. The van der Waals surface area contributed by atoms with Crippen molar-refractivity contribution >= 4 is 29.2 Å². The maximum absolute atomic E-state index is 13.8. The van der Waals surface area contributed by atoms with Crippen molar-refractivity contribution < 1.29 is 13.9 Å². The molecule has 0 bridgehead atoms. The highest BCUT2D eigenvalue weighted by Gasteiger charge is 2.12. The smallest absolute Gasteiger partial charge is 0.337 e. The lowest BCUT2D eigenvalue weighted by molar-refractivity contribution is 0.0601. The van der Waals surface area contributed by atoms with Crippen LogP contribution in [-0.4, -0.2) is 13.1 Å². The van der Waals surface area contributed by atoms with Gasteiger partial charge in [-0.1, -0.05) is 23.2 Å². The minimum absolute atomic E-state index is 0.263. The molecule has 2 aromatic carbocycles. The van der Waals surface area contributed by atoms with E-state index in [0.717, 1.165) is 0 Å². The Balaban J connectivity index is 2.56. The first-order valence-corrected chi connectivity index (χ1v) is 6.11. The van der Waals surface area contributed by atoms with Crippen molar-refractivity contribution in [3.8, 4) is 11.1 Å². The number of hydrogen-bond donors (Lipinski definition) is 0. The third kappa shape index (κ3) is 3.06. The van der Waals surface area contributed by atoms with Crippen LogP contribution in [0.1, 0.15) is 10.4 Å². The number of ether oxygens (including phenoxy) is 1. The summed E-state index contributed by atoms with van der Waals surface area (Å²) in [7, 11) is 1.27. The van der Waals surface area contributed by atoms with Gasteiger partial charge in [0.05, 0.1) is 12.7 Å². The van der Waals surface area contributed by atoms with Crippen LogP contribution in [0.2, 0.25) is 10.0 Å². The Kier molecular flexibility index (Phi) is 4.08.